The number of rotatable bonds is 8. The molecule has 1 N–H and O–H groups in total. The van der Waals surface area contributed by atoms with Crippen molar-refractivity contribution in [3.63, 3.8) is 0 Å². The Labute approximate surface area is 220 Å². The van der Waals surface area contributed by atoms with Gasteiger partial charge in [0.1, 0.15) is 5.75 Å². The molecule has 0 aliphatic carbocycles. The van der Waals surface area contributed by atoms with E-state index in [1.165, 1.54) is 6.26 Å². The number of nitrogens with one attached hydrogen (secondary N) is 1. The highest BCUT2D eigenvalue weighted by molar-refractivity contribution is 5.94. The highest BCUT2D eigenvalue weighted by Crippen LogP contribution is 2.40. The Morgan fingerprint density at radius 3 is 2.45 bits per heavy atom. The fraction of sp³-hybridized carbons (Fsp3) is 0.444. The zero-order chi connectivity index (χ0) is 26.5. The van der Waals surface area contributed by atoms with Gasteiger partial charge in [-0.25, -0.2) is 0 Å². The summed E-state index contributed by atoms with van der Waals surface area (Å²) in [7, 11) is 1.61. The fourth-order valence-electron chi connectivity index (χ4n) is 5.13. The quantitative estimate of drug-likeness (QED) is 0.479. The second kappa shape index (κ2) is 11.1. The largest absolute Gasteiger partial charge is 0.497 e. The molecule has 0 bridgehead atoms. The van der Waals surface area contributed by atoms with Gasteiger partial charge in [0.2, 0.25) is 23.5 Å². The highest BCUT2D eigenvalue weighted by atomic mass is 16.5. The van der Waals surface area contributed by atoms with Crippen LogP contribution >= 0.6 is 0 Å². The maximum atomic E-state index is 12.9. The Morgan fingerprint density at radius 1 is 1.03 bits per heavy atom. The van der Waals surface area contributed by atoms with Gasteiger partial charge in [0.05, 0.1) is 19.9 Å². The maximum absolute atomic E-state index is 12.9. The molecule has 11 nitrogen and oxygen atoms in total. The summed E-state index contributed by atoms with van der Waals surface area (Å²) in [5.74, 6) is 1.41. The van der Waals surface area contributed by atoms with E-state index in [4.69, 9.17) is 13.7 Å². The highest BCUT2D eigenvalue weighted by Gasteiger charge is 2.42. The number of benzene rings is 1. The molecule has 200 valence electrons. The molecule has 2 saturated heterocycles. The summed E-state index contributed by atoms with van der Waals surface area (Å²) < 4.78 is 15.6. The number of piperidine rings is 1. The molecular weight excluding hydrogens is 490 g/mol. The Morgan fingerprint density at radius 2 is 1.76 bits per heavy atom. The van der Waals surface area contributed by atoms with Gasteiger partial charge in [-0.3, -0.25) is 14.4 Å². The van der Waals surface area contributed by atoms with Gasteiger partial charge in [-0.15, -0.1) is 0 Å². The van der Waals surface area contributed by atoms with Crippen molar-refractivity contribution in [2.75, 3.05) is 39.8 Å². The molecule has 2 aliphatic heterocycles. The van der Waals surface area contributed by atoms with Crippen molar-refractivity contribution in [2.24, 2.45) is 5.41 Å². The summed E-state index contributed by atoms with van der Waals surface area (Å²) in [4.78, 5) is 45.6. The Bertz CT molecular complexity index is 1260. The number of ether oxygens (including phenoxy) is 1. The van der Waals surface area contributed by atoms with Crippen LogP contribution in [0.3, 0.4) is 0 Å². The Kier molecular flexibility index (Phi) is 7.43. The van der Waals surface area contributed by atoms with E-state index in [-0.39, 0.29) is 29.5 Å². The summed E-state index contributed by atoms with van der Waals surface area (Å²) in [5, 5.41) is 6.64. The summed E-state index contributed by atoms with van der Waals surface area (Å²) in [6.07, 6.45) is 4.71. The minimum Gasteiger partial charge on any atom is -0.497 e. The molecule has 0 unspecified atom stereocenters. The molecule has 0 radical (unpaired) electrons. The second-order valence-corrected chi connectivity index (χ2v) is 9.85. The maximum Gasteiger partial charge on any atom is 0.287 e. The number of furan rings is 1. The van der Waals surface area contributed by atoms with Crippen LogP contribution in [-0.4, -0.2) is 77.5 Å². The molecule has 11 heteroatoms. The third kappa shape index (κ3) is 5.71. The van der Waals surface area contributed by atoms with E-state index in [0.29, 0.717) is 50.7 Å². The zero-order valence-corrected chi connectivity index (χ0v) is 21.4. The summed E-state index contributed by atoms with van der Waals surface area (Å²) in [6.45, 7) is 2.59. The second-order valence-electron chi connectivity index (χ2n) is 9.85. The van der Waals surface area contributed by atoms with Crippen LogP contribution in [0, 0.1) is 5.41 Å². The van der Waals surface area contributed by atoms with E-state index in [0.717, 1.165) is 30.6 Å². The standard InChI is InChI=1S/C27H31N5O6/c1-36-20-6-4-19(5-7-20)25-29-22(38-30-25)8-9-23(33)32-15-12-27(18-32)10-13-31(14-11-27)24(34)17-28-26(35)21-3-2-16-37-21/h2-7,16H,8-15,17-18H2,1H3,(H,28,35). The monoisotopic (exact) mass is 521 g/mol. The normalized spacial score (nSPS) is 16.6. The van der Waals surface area contributed by atoms with Gasteiger partial charge in [0.15, 0.2) is 5.76 Å². The molecular formula is C27H31N5O6. The number of aryl methyl sites for hydroxylation is 1. The lowest BCUT2D eigenvalue weighted by atomic mass is 9.78. The molecule has 0 saturated carbocycles. The molecule has 1 aromatic carbocycles. The third-order valence-corrected chi connectivity index (χ3v) is 7.48. The van der Waals surface area contributed by atoms with Gasteiger partial charge in [-0.05, 0) is 61.1 Å². The number of likely N-dealkylation sites (tertiary alicyclic amines) is 2. The number of carbonyl (C=O) groups is 3. The number of aromatic nitrogens is 2. The van der Waals surface area contributed by atoms with Crippen LogP contribution in [0.5, 0.6) is 5.75 Å². The first-order chi connectivity index (χ1) is 18.4. The van der Waals surface area contributed by atoms with E-state index >= 15 is 0 Å². The molecule has 5 rings (SSSR count). The van der Waals surface area contributed by atoms with Gasteiger partial charge >= 0.3 is 0 Å². The van der Waals surface area contributed by atoms with Crippen molar-refractivity contribution in [2.45, 2.75) is 32.1 Å². The summed E-state index contributed by atoms with van der Waals surface area (Å²) in [6, 6.07) is 10.6. The first kappa shape index (κ1) is 25.5. The fourth-order valence-corrected chi connectivity index (χ4v) is 5.13. The Hall–Kier alpha value is -4.15. The van der Waals surface area contributed by atoms with Crippen molar-refractivity contribution in [3.05, 3.63) is 54.3 Å². The van der Waals surface area contributed by atoms with Crippen molar-refractivity contribution >= 4 is 17.7 Å². The van der Waals surface area contributed by atoms with E-state index < -0.39 is 5.91 Å². The number of amides is 3. The smallest absolute Gasteiger partial charge is 0.287 e. The molecule has 2 aromatic heterocycles. The van der Waals surface area contributed by atoms with Crippen LogP contribution in [0.2, 0.25) is 0 Å². The van der Waals surface area contributed by atoms with Gasteiger partial charge in [-0.2, -0.15) is 4.98 Å². The Balaban J connectivity index is 1.05. The van der Waals surface area contributed by atoms with Crippen molar-refractivity contribution in [1.29, 1.82) is 0 Å². The summed E-state index contributed by atoms with van der Waals surface area (Å²) in [5.41, 5.74) is 0.855. The van der Waals surface area contributed by atoms with Crippen LogP contribution in [-0.2, 0) is 16.0 Å². The van der Waals surface area contributed by atoms with Gasteiger partial charge in [0, 0.05) is 44.6 Å². The molecule has 3 amide bonds. The van der Waals surface area contributed by atoms with Crippen LogP contribution in [0.15, 0.2) is 51.6 Å². The molecule has 3 aromatic rings. The summed E-state index contributed by atoms with van der Waals surface area (Å²) >= 11 is 0. The molecule has 2 aliphatic rings. The lowest BCUT2D eigenvalue weighted by Gasteiger charge is -2.39. The number of carbonyl (C=O) groups excluding carboxylic acids is 3. The first-order valence-electron chi connectivity index (χ1n) is 12.8. The van der Waals surface area contributed by atoms with E-state index in [1.807, 2.05) is 29.2 Å². The minimum absolute atomic E-state index is 0.0376. The van der Waals surface area contributed by atoms with E-state index in [9.17, 15) is 14.4 Å². The molecule has 2 fully saturated rings. The van der Waals surface area contributed by atoms with Crippen LogP contribution in [0.1, 0.15) is 42.1 Å². The molecule has 1 spiro atoms. The zero-order valence-electron chi connectivity index (χ0n) is 21.4. The van der Waals surface area contributed by atoms with E-state index in [1.54, 1.807) is 24.1 Å². The van der Waals surface area contributed by atoms with E-state index in [2.05, 4.69) is 15.5 Å². The average Bonchev–Trinajstić information content (AvgIpc) is 3.73. The molecule has 0 atom stereocenters. The van der Waals surface area contributed by atoms with Crippen LogP contribution < -0.4 is 10.1 Å². The van der Waals surface area contributed by atoms with Crippen molar-refractivity contribution in [1.82, 2.24) is 25.3 Å². The first-order valence-corrected chi connectivity index (χ1v) is 12.8. The predicted octanol–water partition coefficient (Wildman–Crippen LogP) is 2.54. The van der Waals surface area contributed by atoms with Crippen LogP contribution in [0.25, 0.3) is 11.4 Å². The average molecular weight is 522 g/mol. The van der Waals surface area contributed by atoms with Crippen molar-refractivity contribution in [3.8, 4) is 17.1 Å². The van der Waals surface area contributed by atoms with Gasteiger partial charge < -0.3 is 28.8 Å². The number of methoxy groups -OCH3 is 1. The predicted molar refractivity (Wildman–Crippen MR) is 135 cm³/mol. The number of hydrogen-bond acceptors (Lipinski definition) is 8. The molecule has 4 heterocycles. The topological polar surface area (TPSA) is 131 Å². The number of hydrogen-bond donors (Lipinski definition) is 1. The van der Waals surface area contributed by atoms with Crippen LogP contribution in [0.4, 0.5) is 0 Å². The minimum atomic E-state index is -0.403. The lowest BCUT2D eigenvalue weighted by molar-refractivity contribution is -0.134. The molecule has 38 heavy (non-hydrogen) atoms. The number of nitrogens with zero attached hydrogens (tertiary/aromatic N) is 4. The lowest BCUT2D eigenvalue weighted by Crippen LogP contribution is -2.47. The SMILES string of the molecule is COc1ccc(-c2noc(CCC(=O)N3CCC4(CCN(C(=O)CNC(=O)c5ccco5)CC4)C3)n2)cc1. The van der Waals surface area contributed by atoms with Gasteiger partial charge in [0.25, 0.3) is 5.91 Å². The van der Waals surface area contributed by atoms with Gasteiger partial charge in [-0.1, -0.05) is 5.16 Å². The third-order valence-electron chi connectivity index (χ3n) is 7.48. The van der Waals surface area contributed by atoms with Crippen molar-refractivity contribution < 1.29 is 28.1 Å².